The minimum atomic E-state index is -0.342. The molecule has 0 spiro atoms. The van der Waals surface area contributed by atoms with Crippen molar-refractivity contribution in [2.45, 2.75) is 25.8 Å². The molecule has 5 nitrogen and oxygen atoms in total. The summed E-state index contributed by atoms with van der Waals surface area (Å²) in [5, 5.41) is 12.6. The molecule has 1 amide bonds. The van der Waals surface area contributed by atoms with Crippen LogP contribution in [0.1, 0.15) is 30.0 Å². The van der Waals surface area contributed by atoms with E-state index in [1.807, 2.05) is 49.5 Å². The van der Waals surface area contributed by atoms with E-state index in [1.54, 1.807) is 0 Å². The third-order valence-corrected chi connectivity index (χ3v) is 4.79. The van der Waals surface area contributed by atoms with Crippen LogP contribution in [0.15, 0.2) is 48.7 Å². The van der Waals surface area contributed by atoms with Gasteiger partial charge in [-0.1, -0.05) is 36.4 Å². The lowest BCUT2D eigenvalue weighted by Gasteiger charge is -2.32. The highest BCUT2D eigenvalue weighted by Gasteiger charge is 2.27. The van der Waals surface area contributed by atoms with Crippen LogP contribution in [0, 0.1) is 12.8 Å². The molecule has 1 fully saturated rings. The number of hydrogen-bond donors (Lipinski definition) is 2. The highest BCUT2D eigenvalue weighted by Crippen LogP contribution is 2.23. The number of benzene rings is 1. The van der Waals surface area contributed by atoms with Gasteiger partial charge in [-0.25, -0.2) is 4.98 Å². The number of nitrogens with zero attached hydrogens (tertiary/aromatic N) is 2. The van der Waals surface area contributed by atoms with Gasteiger partial charge in [0.1, 0.15) is 5.82 Å². The average molecular weight is 339 g/mol. The molecule has 25 heavy (non-hydrogen) atoms. The summed E-state index contributed by atoms with van der Waals surface area (Å²) in [5.41, 5.74) is 2.08. The first-order valence-electron chi connectivity index (χ1n) is 8.81. The van der Waals surface area contributed by atoms with Crippen molar-refractivity contribution in [2.24, 2.45) is 5.92 Å². The first-order valence-corrected chi connectivity index (χ1v) is 8.81. The molecule has 2 N–H and O–H groups in total. The molecule has 1 unspecified atom stereocenters. The highest BCUT2D eigenvalue weighted by atomic mass is 16.3. The molecule has 2 aromatic rings. The quantitative estimate of drug-likeness (QED) is 0.878. The molecule has 132 valence electrons. The molecule has 1 aromatic carbocycles. The van der Waals surface area contributed by atoms with Crippen molar-refractivity contribution in [3.63, 3.8) is 0 Å². The van der Waals surface area contributed by atoms with Crippen molar-refractivity contribution in [1.82, 2.24) is 10.3 Å². The van der Waals surface area contributed by atoms with E-state index in [0.717, 1.165) is 42.9 Å². The first-order chi connectivity index (χ1) is 12.2. The number of aliphatic hydroxyl groups is 1. The fourth-order valence-corrected chi connectivity index (χ4v) is 3.23. The van der Waals surface area contributed by atoms with Crippen molar-refractivity contribution in [3.05, 3.63) is 59.8 Å². The fraction of sp³-hybridized carbons (Fsp3) is 0.400. The molecular weight excluding hydrogens is 314 g/mol. The molecule has 1 saturated heterocycles. The van der Waals surface area contributed by atoms with Gasteiger partial charge >= 0.3 is 0 Å². The number of hydrogen-bond acceptors (Lipinski definition) is 4. The van der Waals surface area contributed by atoms with E-state index in [-0.39, 0.29) is 24.5 Å². The lowest BCUT2D eigenvalue weighted by Crippen LogP contribution is -2.42. The van der Waals surface area contributed by atoms with Crippen molar-refractivity contribution in [3.8, 4) is 0 Å². The number of nitrogens with one attached hydrogen (secondary N) is 1. The van der Waals surface area contributed by atoms with Crippen LogP contribution in [-0.2, 0) is 4.79 Å². The Morgan fingerprint density at radius 1 is 1.24 bits per heavy atom. The van der Waals surface area contributed by atoms with Crippen molar-refractivity contribution >= 4 is 11.7 Å². The predicted molar refractivity (Wildman–Crippen MR) is 98.3 cm³/mol. The molecule has 0 bridgehead atoms. The standard InChI is InChI=1S/C20H25N3O2/c1-15-7-8-19(21-13-15)23-11-9-17(10-12-23)20(25)22-18(14-24)16-5-3-2-4-6-16/h2-8,13,17-18,24H,9-12,14H2,1H3,(H,22,25). The van der Waals surface area contributed by atoms with Gasteiger partial charge in [0.05, 0.1) is 12.6 Å². The summed E-state index contributed by atoms with van der Waals surface area (Å²) >= 11 is 0. The van der Waals surface area contributed by atoms with Gasteiger partial charge < -0.3 is 15.3 Å². The number of carbonyl (C=O) groups excluding carboxylic acids is 1. The number of aryl methyl sites for hydroxylation is 1. The summed E-state index contributed by atoms with van der Waals surface area (Å²) < 4.78 is 0. The maximum Gasteiger partial charge on any atom is 0.223 e. The summed E-state index contributed by atoms with van der Waals surface area (Å²) in [6.45, 7) is 3.58. The fourth-order valence-electron chi connectivity index (χ4n) is 3.23. The van der Waals surface area contributed by atoms with Crippen LogP contribution in [0.4, 0.5) is 5.82 Å². The number of carbonyl (C=O) groups is 1. The van der Waals surface area contributed by atoms with Gasteiger partial charge in [0.2, 0.25) is 5.91 Å². The van der Waals surface area contributed by atoms with Crippen molar-refractivity contribution < 1.29 is 9.90 Å². The number of rotatable bonds is 5. The van der Waals surface area contributed by atoms with Crippen LogP contribution in [0.3, 0.4) is 0 Å². The maximum atomic E-state index is 12.6. The van der Waals surface area contributed by atoms with E-state index in [1.165, 1.54) is 0 Å². The van der Waals surface area contributed by atoms with Crippen LogP contribution in [0.5, 0.6) is 0 Å². The molecule has 1 atom stereocenters. The highest BCUT2D eigenvalue weighted by molar-refractivity contribution is 5.79. The number of piperidine rings is 1. The molecule has 2 heterocycles. The molecule has 1 aromatic heterocycles. The summed E-state index contributed by atoms with van der Waals surface area (Å²) in [5.74, 6) is 0.987. The van der Waals surface area contributed by atoms with Crippen molar-refractivity contribution in [1.29, 1.82) is 0 Å². The minimum Gasteiger partial charge on any atom is -0.394 e. The lowest BCUT2D eigenvalue weighted by atomic mass is 9.95. The molecular formula is C20H25N3O2. The third-order valence-electron chi connectivity index (χ3n) is 4.79. The zero-order valence-electron chi connectivity index (χ0n) is 14.6. The second kappa shape index (κ2) is 8.12. The second-order valence-electron chi connectivity index (χ2n) is 6.61. The Morgan fingerprint density at radius 3 is 2.56 bits per heavy atom. The average Bonchev–Trinajstić information content (AvgIpc) is 2.67. The van der Waals surface area contributed by atoms with Crippen LogP contribution in [0.25, 0.3) is 0 Å². The summed E-state index contributed by atoms with van der Waals surface area (Å²) in [4.78, 5) is 19.3. The Balaban J connectivity index is 1.55. The molecule has 3 rings (SSSR count). The number of aromatic nitrogens is 1. The Hall–Kier alpha value is -2.40. The molecule has 0 saturated carbocycles. The van der Waals surface area contributed by atoms with Gasteiger partial charge in [-0.2, -0.15) is 0 Å². The first kappa shape index (κ1) is 17.4. The van der Waals surface area contributed by atoms with Crippen LogP contribution in [0.2, 0.25) is 0 Å². The Kier molecular flexibility index (Phi) is 5.66. The smallest absolute Gasteiger partial charge is 0.223 e. The second-order valence-corrected chi connectivity index (χ2v) is 6.61. The minimum absolute atomic E-state index is 0.0144. The molecule has 0 aliphatic carbocycles. The predicted octanol–water partition coefficient (Wildman–Crippen LogP) is 2.46. The van der Waals surface area contributed by atoms with Crippen LogP contribution >= 0.6 is 0 Å². The lowest BCUT2D eigenvalue weighted by molar-refractivity contribution is -0.126. The largest absolute Gasteiger partial charge is 0.394 e. The third kappa shape index (κ3) is 4.37. The Labute approximate surface area is 148 Å². The van der Waals surface area contributed by atoms with Gasteiger partial charge in [0.25, 0.3) is 0 Å². The zero-order valence-corrected chi connectivity index (χ0v) is 14.6. The molecule has 0 radical (unpaired) electrons. The van der Waals surface area contributed by atoms with Gasteiger partial charge in [-0.15, -0.1) is 0 Å². The Morgan fingerprint density at radius 2 is 1.96 bits per heavy atom. The molecule has 1 aliphatic heterocycles. The van der Waals surface area contributed by atoms with Crippen LogP contribution < -0.4 is 10.2 Å². The normalized spacial score (nSPS) is 16.5. The number of anilines is 1. The summed E-state index contributed by atoms with van der Waals surface area (Å²) in [7, 11) is 0. The van der Waals surface area contributed by atoms with Crippen molar-refractivity contribution in [2.75, 3.05) is 24.6 Å². The molecule has 5 heteroatoms. The number of amides is 1. The molecule has 1 aliphatic rings. The van der Waals surface area contributed by atoms with Crippen LogP contribution in [-0.4, -0.2) is 35.7 Å². The zero-order chi connectivity index (χ0) is 17.6. The summed E-state index contributed by atoms with van der Waals surface area (Å²) in [6, 6.07) is 13.4. The van der Waals surface area contributed by atoms with Gasteiger partial charge in [0.15, 0.2) is 0 Å². The topological polar surface area (TPSA) is 65.5 Å². The number of aliphatic hydroxyl groups excluding tert-OH is 1. The van der Waals surface area contributed by atoms with E-state index < -0.39 is 0 Å². The van der Waals surface area contributed by atoms with E-state index in [4.69, 9.17) is 0 Å². The van der Waals surface area contributed by atoms with Gasteiger partial charge in [-0.3, -0.25) is 4.79 Å². The van der Waals surface area contributed by atoms with Gasteiger partial charge in [-0.05, 0) is 37.0 Å². The van der Waals surface area contributed by atoms with E-state index in [9.17, 15) is 9.90 Å². The monoisotopic (exact) mass is 339 g/mol. The van der Waals surface area contributed by atoms with E-state index >= 15 is 0 Å². The van der Waals surface area contributed by atoms with Gasteiger partial charge in [0, 0.05) is 25.2 Å². The Bertz CT molecular complexity index is 680. The number of pyridine rings is 1. The van der Waals surface area contributed by atoms with E-state index in [0.29, 0.717) is 0 Å². The van der Waals surface area contributed by atoms with E-state index in [2.05, 4.69) is 21.3 Å². The maximum absolute atomic E-state index is 12.6. The SMILES string of the molecule is Cc1ccc(N2CCC(C(=O)NC(CO)c3ccccc3)CC2)nc1. The summed E-state index contributed by atoms with van der Waals surface area (Å²) in [6.07, 6.45) is 3.47.